The maximum atomic E-state index is 15.1. The fraction of sp³-hybridized carbons (Fsp3) is 0.280. The fourth-order valence-corrected chi connectivity index (χ4v) is 3.38. The van der Waals surface area contributed by atoms with Crippen molar-refractivity contribution in [2.75, 3.05) is 13.1 Å². The van der Waals surface area contributed by atoms with E-state index in [0.717, 1.165) is 0 Å². The Morgan fingerprint density at radius 1 is 1.09 bits per heavy atom. The van der Waals surface area contributed by atoms with Crippen LogP contribution in [0.15, 0.2) is 60.7 Å². The van der Waals surface area contributed by atoms with Crippen LogP contribution in [0.25, 0.3) is 11.3 Å². The minimum absolute atomic E-state index is 0.0519. The zero-order chi connectivity index (χ0) is 23.5. The van der Waals surface area contributed by atoms with E-state index in [1.807, 2.05) is 32.0 Å². The lowest BCUT2D eigenvalue weighted by molar-refractivity contribution is 0.0980. The Hall–Kier alpha value is -2.67. The Labute approximate surface area is 191 Å². The van der Waals surface area contributed by atoms with Crippen LogP contribution >= 0.6 is 11.6 Å². The normalized spacial score (nSPS) is 13.6. The number of benzene rings is 2. The van der Waals surface area contributed by atoms with Gasteiger partial charge in [-0.05, 0) is 56.7 Å². The molecule has 1 heterocycles. The summed E-state index contributed by atoms with van der Waals surface area (Å²) in [4.78, 5) is 17.0. The number of pyridine rings is 1. The molecule has 32 heavy (non-hydrogen) atoms. The predicted molar refractivity (Wildman–Crippen MR) is 124 cm³/mol. The van der Waals surface area contributed by atoms with Crippen LogP contribution in [-0.2, 0) is 11.2 Å². The number of alkyl halides is 1. The number of halogens is 3. The number of nitrogens with one attached hydrogen (secondary N) is 1. The van der Waals surface area contributed by atoms with Crippen LogP contribution in [0.5, 0.6) is 0 Å². The van der Waals surface area contributed by atoms with Crippen molar-refractivity contribution in [1.29, 1.82) is 0 Å². The number of nitrogens with zero attached hydrogens (tertiary/aromatic N) is 1. The van der Waals surface area contributed by atoms with Gasteiger partial charge in [0.2, 0.25) is 0 Å². The smallest absolute Gasteiger partial charge is 0.176 e. The third kappa shape index (κ3) is 5.38. The molecule has 0 aliphatic rings. The van der Waals surface area contributed by atoms with E-state index >= 15 is 4.39 Å². The lowest BCUT2D eigenvalue weighted by Gasteiger charge is -2.29. The molecule has 3 aromatic rings. The summed E-state index contributed by atoms with van der Waals surface area (Å²) in [7, 11) is 0. The topological polar surface area (TPSA) is 68.0 Å². The van der Waals surface area contributed by atoms with Crippen molar-refractivity contribution >= 4 is 17.4 Å². The SMILES string of the molecule is CC(F)(CN)c1cc(C(C)(C)NCC(=O)c2ccccc2)cc(-c2ccc(F)c(Cl)c2)n1. The van der Waals surface area contributed by atoms with Gasteiger partial charge >= 0.3 is 0 Å². The Balaban J connectivity index is 1.98. The van der Waals surface area contributed by atoms with Crippen LogP contribution in [0.1, 0.15) is 42.4 Å². The van der Waals surface area contributed by atoms with Crippen molar-refractivity contribution in [1.82, 2.24) is 10.3 Å². The predicted octanol–water partition coefficient (Wildman–Crippen LogP) is 5.39. The van der Waals surface area contributed by atoms with Crippen LogP contribution in [0.4, 0.5) is 8.78 Å². The van der Waals surface area contributed by atoms with E-state index < -0.39 is 17.0 Å². The summed E-state index contributed by atoms with van der Waals surface area (Å²) in [6.07, 6.45) is 0. The Morgan fingerprint density at radius 2 is 1.78 bits per heavy atom. The van der Waals surface area contributed by atoms with Gasteiger partial charge in [0.1, 0.15) is 5.82 Å². The second kappa shape index (κ2) is 9.45. The molecule has 4 nitrogen and oxygen atoms in total. The van der Waals surface area contributed by atoms with Crippen LogP contribution < -0.4 is 11.1 Å². The Kier molecular flexibility index (Phi) is 7.08. The number of hydrogen-bond acceptors (Lipinski definition) is 4. The third-order valence-corrected chi connectivity index (χ3v) is 5.76. The number of rotatable bonds is 8. The summed E-state index contributed by atoms with van der Waals surface area (Å²) >= 11 is 5.95. The molecule has 168 valence electrons. The molecule has 0 radical (unpaired) electrons. The summed E-state index contributed by atoms with van der Waals surface area (Å²) in [6.45, 7) is 4.98. The molecular weight excluding hydrogens is 432 g/mol. The second-order valence-corrected chi connectivity index (χ2v) is 8.83. The molecule has 0 bridgehead atoms. The molecule has 2 aromatic carbocycles. The van der Waals surface area contributed by atoms with E-state index in [1.165, 1.54) is 25.1 Å². The van der Waals surface area contributed by atoms with E-state index in [-0.39, 0.29) is 29.6 Å². The first-order valence-corrected chi connectivity index (χ1v) is 10.6. The van der Waals surface area contributed by atoms with Crippen LogP contribution in [0.3, 0.4) is 0 Å². The molecule has 0 aliphatic heterocycles. The summed E-state index contributed by atoms with van der Waals surface area (Å²) < 4.78 is 28.8. The molecule has 0 saturated carbocycles. The van der Waals surface area contributed by atoms with Gasteiger partial charge in [-0.15, -0.1) is 0 Å². The third-order valence-electron chi connectivity index (χ3n) is 5.47. The van der Waals surface area contributed by atoms with Crippen LogP contribution in [-0.4, -0.2) is 23.9 Å². The van der Waals surface area contributed by atoms with E-state index in [2.05, 4.69) is 10.3 Å². The van der Waals surface area contributed by atoms with E-state index in [9.17, 15) is 9.18 Å². The van der Waals surface area contributed by atoms with Crippen molar-refractivity contribution in [2.24, 2.45) is 5.73 Å². The van der Waals surface area contributed by atoms with Gasteiger partial charge in [0.05, 0.1) is 23.0 Å². The van der Waals surface area contributed by atoms with Crippen molar-refractivity contribution in [3.05, 3.63) is 88.3 Å². The molecule has 0 aliphatic carbocycles. The molecule has 7 heteroatoms. The van der Waals surface area contributed by atoms with Crippen LogP contribution in [0.2, 0.25) is 5.02 Å². The number of Topliss-reactive ketones (excluding diaryl/α,β-unsaturated/α-hetero) is 1. The number of aromatic nitrogens is 1. The molecule has 1 aromatic heterocycles. The minimum atomic E-state index is -1.87. The molecular formula is C25H26ClF2N3O. The van der Waals surface area contributed by atoms with Gasteiger partial charge < -0.3 is 11.1 Å². The molecule has 3 rings (SSSR count). The van der Waals surface area contributed by atoms with E-state index in [4.69, 9.17) is 17.3 Å². The standard InChI is InChI=1S/C25H26ClF2N3O/c1-24(2,30-14-22(32)16-7-5-4-6-8-16)18-12-21(17-9-10-20(27)19(26)11-17)31-23(13-18)25(3,28)15-29/h4-13,30H,14-15,29H2,1-3H3. The van der Waals surface area contributed by atoms with E-state index in [1.54, 1.807) is 24.3 Å². The highest BCUT2D eigenvalue weighted by atomic mass is 35.5. The number of ketones is 1. The highest BCUT2D eigenvalue weighted by Gasteiger charge is 2.30. The van der Waals surface area contributed by atoms with Crippen molar-refractivity contribution in [2.45, 2.75) is 32.0 Å². The minimum Gasteiger partial charge on any atom is -0.327 e. The highest BCUT2D eigenvalue weighted by Crippen LogP contribution is 2.32. The lowest BCUT2D eigenvalue weighted by Crippen LogP contribution is -2.40. The number of carbonyl (C=O) groups excluding carboxylic acids is 1. The monoisotopic (exact) mass is 457 g/mol. The van der Waals surface area contributed by atoms with Crippen molar-refractivity contribution < 1.29 is 13.6 Å². The maximum absolute atomic E-state index is 15.1. The number of nitrogens with two attached hydrogens (primary N) is 1. The number of hydrogen-bond donors (Lipinski definition) is 2. The van der Waals surface area contributed by atoms with Gasteiger partial charge in [0.15, 0.2) is 11.5 Å². The Bertz CT molecular complexity index is 1120. The van der Waals surface area contributed by atoms with Crippen molar-refractivity contribution in [3.8, 4) is 11.3 Å². The molecule has 0 fully saturated rings. The molecule has 0 amide bonds. The first-order chi connectivity index (χ1) is 15.0. The average Bonchev–Trinajstić information content (AvgIpc) is 2.79. The first-order valence-electron chi connectivity index (χ1n) is 10.2. The second-order valence-electron chi connectivity index (χ2n) is 8.42. The molecule has 1 atom stereocenters. The van der Waals surface area contributed by atoms with Gasteiger partial charge in [-0.2, -0.15) is 0 Å². The largest absolute Gasteiger partial charge is 0.327 e. The van der Waals surface area contributed by atoms with Gasteiger partial charge in [-0.1, -0.05) is 41.9 Å². The summed E-state index contributed by atoms with van der Waals surface area (Å²) in [5, 5.41) is 3.20. The highest BCUT2D eigenvalue weighted by molar-refractivity contribution is 6.31. The Morgan fingerprint density at radius 3 is 2.41 bits per heavy atom. The summed E-state index contributed by atoms with van der Waals surface area (Å²) in [6, 6.07) is 16.6. The summed E-state index contributed by atoms with van der Waals surface area (Å²) in [5.41, 5.74) is 5.51. The molecule has 0 saturated heterocycles. The fourth-order valence-electron chi connectivity index (χ4n) is 3.20. The average molecular weight is 458 g/mol. The zero-order valence-corrected chi connectivity index (χ0v) is 19.0. The van der Waals surface area contributed by atoms with Gasteiger partial charge in [0.25, 0.3) is 0 Å². The molecule has 0 spiro atoms. The number of carbonyl (C=O) groups is 1. The zero-order valence-electron chi connectivity index (χ0n) is 18.3. The van der Waals surface area contributed by atoms with Gasteiger partial charge in [-0.25, -0.2) is 13.8 Å². The first kappa shape index (κ1) is 24.0. The van der Waals surface area contributed by atoms with Gasteiger partial charge in [-0.3, -0.25) is 4.79 Å². The summed E-state index contributed by atoms with van der Waals surface area (Å²) in [5.74, 6) is -0.610. The molecule has 1 unspecified atom stereocenters. The lowest BCUT2D eigenvalue weighted by atomic mass is 9.90. The molecule has 3 N–H and O–H groups in total. The van der Waals surface area contributed by atoms with E-state index in [0.29, 0.717) is 22.4 Å². The maximum Gasteiger partial charge on any atom is 0.176 e. The van der Waals surface area contributed by atoms with Crippen molar-refractivity contribution in [3.63, 3.8) is 0 Å². The van der Waals surface area contributed by atoms with Crippen LogP contribution in [0, 0.1) is 5.82 Å². The van der Waals surface area contributed by atoms with Gasteiger partial charge in [0, 0.05) is 23.2 Å². The quantitative estimate of drug-likeness (QED) is 0.445.